The lowest BCUT2D eigenvalue weighted by molar-refractivity contribution is -0.385. The van der Waals surface area contributed by atoms with Crippen LogP contribution >= 0.6 is 12.0 Å². The number of aryl methyl sites for hydroxylation is 1. The third-order valence-electron chi connectivity index (χ3n) is 4.23. The van der Waals surface area contributed by atoms with Crippen LogP contribution in [0.15, 0.2) is 23.1 Å². The van der Waals surface area contributed by atoms with Gasteiger partial charge in [-0.3, -0.25) is 10.1 Å². The highest BCUT2D eigenvalue weighted by atomic mass is 32.2. The molecular formula is C19H31NO3S. The molecule has 0 spiro atoms. The second kappa shape index (κ2) is 13.2. The fourth-order valence-corrected chi connectivity index (χ4v) is 3.35. The van der Waals surface area contributed by atoms with Gasteiger partial charge in [0.1, 0.15) is 0 Å². The Labute approximate surface area is 150 Å². The van der Waals surface area contributed by atoms with Crippen LogP contribution in [0.3, 0.4) is 0 Å². The van der Waals surface area contributed by atoms with Crippen molar-refractivity contribution in [1.29, 1.82) is 0 Å². The first-order valence-electron chi connectivity index (χ1n) is 9.17. The number of benzene rings is 1. The summed E-state index contributed by atoms with van der Waals surface area (Å²) in [6.45, 7) is 2.24. The molecular weight excluding hydrogens is 322 g/mol. The number of hydrogen-bond donors (Lipinski definition) is 0. The normalized spacial score (nSPS) is 10.9. The molecule has 136 valence electrons. The molecule has 24 heavy (non-hydrogen) atoms. The van der Waals surface area contributed by atoms with Crippen LogP contribution in [0.5, 0.6) is 0 Å². The van der Waals surface area contributed by atoms with Gasteiger partial charge >= 0.3 is 0 Å². The molecule has 4 nitrogen and oxygen atoms in total. The fourth-order valence-electron chi connectivity index (χ4n) is 2.88. The maximum Gasteiger partial charge on any atom is 0.273 e. The molecule has 0 aliphatic rings. The van der Waals surface area contributed by atoms with Crippen molar-refractivity contribution in [3.05, 3.63) is 33.9 Å². The topological polar surface area (TPSA) is 52.4 Å². The molecule has 1 aromatic rings. The maximum atomic E-state index is 11.2. The molecule has 0 aliphatic heterocycles. The highest BCUT2D eigenvalue weighted by Gasteiger charge is 2.14. The minimum atomic E-state index is -0.286. The predicted octanol–water partition coefficient (Wildman–Crippen LogP) is 6.71. The standard InChI is InChI=1S/C19H31NO3S/c1-3-4-5-6-7-8-9-10-11-12-13-17-14-15-18(24-23-2)16-19(17)20(21)22/h14-16H,3-13H2,1-2H3. The van der Waals surface area contributed by atoms with Crippen molar-refractivity contribution >= 4 is 17.7 Å². The molecule has 0 heterocycles. The van der Waals surface area contributed by atoms with E-state index in [4.69, 9.17) is 4.18 Å². The molecule has 0 saturated carbocycles. The van der Waals surface area contributed by atoms with E-state index in [1.165, 1.54) is 51.4 Å². The Hall–Kier alpha value is -1.07. The molecule has 0 N–H and O–H groups in total. The summed E-state index contributed by atoms with van der Waals surface area (Å²) in [5.41, 5.74) is 1.05. The van der Waals surface area contributed by atoms with Crippen molar-refractivity contribution in [2.45, 2.75) is 82.4 Å². The molecule has 5 heteroatoms. The van der Waals surface area contributed by atoms with E-state index >= 15 is 0 Å². The smallest absolute Gasteiger partial charge is 0.273 e. The van der Waals surface area contributed by atoms with Gasteiger partial charge in [0.2, 0.25) is 0 Å². The first kappa shape index (κ1) is 21.0. The predicted molar refractivity (Wildman–Crippen MR) is 102 cm³/mol. The van der Waals surface area contributed by atoms with Crippen molar-refractivity contribution in [2.75, 3.05) is 7.11 Å². The van der Waals surface area contributed by atoms with Crippen LogP contribution in [0, 0.1) is 10.1 Å². The van der Waals surface area contributed by atoms with Crippen LogP contribution < -0.4 is 0 Å². The zero-order chi connectivity index (χ0) is 17.6. The average Bonchev–Trinajstić information content (AvgIpc) is 2.57. The number of rotatable bonds is 14. The maximum absolute atomic E-state index is 11.2. The SMILES string of the molecule is CCCCCCCCCCCCc1ccc(SOC)cc1[N+](=O)[O-]. The van der Waals surface area contributed by atoms with Gasteiger partial charge in [-0.1, -0.05) is 70.8 Å². The van der Waals surface area contributed by atoms with E-state index in [1.54, 1.807) is 13.2 Å². The summed E-state index contributed by atoms with van der Waals surface area (Å²) in [7, 11) is 1.56. The van der Waals surface area contributed by atoms with Crippen LogP contribution in [-0.4, -0.2) is 12.0 Å². The van der Waals surface area contributed by atoms with Gasteiger partial charge in [0.15, 0.2) is 0 Å². The summed E-state index contributed by atoms with van der Waals surface area (Å²) in [6, 6.07) is 5.37. The number of nitro groups is 1. The number of hydrogen-bond acceptors (Lipinski definition) is 4. The van der Waals surface area contributed by atoms with Crippen LogP contribution in [-0.2, 0) is 10.6 Å². The monoisotopic (exact) mass is 353 g/mol. The lowest BCUT2D eigenvalue weighted by atomic mass is 10.0. The van der Waals surface area contributed by atoms with Crippen molar-refractivity contribution in [3.63, 3.8) is 0 Å². The van der Waals surface area contributed by atoms with Crippen LogP contribution in [0.1, 0.15) is 76.7 Å². The largest absolute Gasteiger partial charge is 0.314 e. The molecule has 0 saturated heterocycles. The summed E-state index contributed by atoms with van der Waals surface area (Å²) in [4.78, 5) is 11.7. The number of unbranched alkanes of at least 4 members (excludes halogenated alkanes) is 9. The zero-order valence-electron chi connectivity index (χ0n) is 15.1. The van der Waals surface area contributed by atoms with Gasteiger partial charge < -0.3 is 4.18 Å². The molecule has 1 rings (SSSR count). The second-order valence-corrected chi connectivity index (χ2v) is 7.20. The summed E-state index contributed by atoms with van der Waals surface area (Å²) in [5, 5.41) is 11.2. The molecule has 0 unspecified atom stereocenters. The van der Waals surface area contributed by atoms with E-state index in [1.807, 2.05) is 12.1 Å². The van der Waals surface area contributed by atoms with E-state index in [0.717, 1.165) is 41.8 Å². The Balaban J connectivity index is 2.23. The Bertz CT molecular complexity index is 480. The van der Waals surface area contributed by atoms with E-state index in [9.17, 15) is 10.1 Å². The lowest BCUT2D eigenvalue weighted by Crippen LogP contribution is -1.96. The molecule has 0 radical (unpaired) electrons. The molecule has 1 aromatic carbocycles. The molecule has 0 aliphatic carbocycles. The van der Waals surface area contributed by atoms with Crippen molar-refractivity contribution in [2.24, 2.45) is 0 Å². The Kier molecular flexibility index (Phi) is 11.6. The van der Waals surface area contributed by atoms with Gasteiger partial charge in [-0.05, 0) is 18.9 Å². The first-order chi connectivity index (χ1) is 11.7. The number of nitrogens with zero attached hydrogens (tertiary/aromatic N) is 1. The minimum Gasteiger partial charge on any atom is -0.314 e. The summed E-state index contributed by atoms with van der Waals surface area (Å²) < 4.78 is 4.96. The number of nitro benzene ring substituents is 1. The van der Waals surface area contributed by atoms with Crippen LogP contribution in [0.2, 0.25) is 0 Å². The van der Waals surface area contributed by atoms with E-state index in [0.29, 0.717) is 0 Å². The van der Waals surface area contributed by atoms with Gasteiger partial charge in [-0.15, -0.1) is 0 Å². The van der Waals surface area contributed by atoms with Crippen molar-refractivity contribution in [1.82, 2.24) is 0 Å². The molecule has 0 bridgehead atoms. The Morgan fingerprint density at radius 2 is 1.58 bits per heavy atom. The Morgan fingerprint density at radius 1 is 1.00 bits per heavy atom. The minimum absolute atomic E-state index is 0.216. The summed E-state index contributed by atoms with van der Waals surface area (Å²) in [6.07, 6.45) is 13.6. The summed E-state index contributed by atoms with van der Waals surface area (Å²) >= 11 is 1.16. The third kappa shape index (κ3) is 8.69. The van der Waals surface area contributed by atoms with Gasteiger partial charge in [-0.25, -0.2) is 0 Å². The molecule has 0 fully saturated rings. The van der Waals surface area contributed by atoms with E-state index in [2.05, 4.69) is 6.92 Å². The Morgan fingerprint density at radius 3 is 2.12 bits per heavy atom. The van der Waals surface area contributed by atoms with Crippen LogP contribution in [0.4, 0.5) is 5.69 Å². The van der Waals surface area contributed by atoms with E-state index < -0.39 is 0 Å². The van der Waals surface area contributed by atoms with Gasteiger partial charge in [-0.2, -0.15) is 0 Å². The highest BCUT2D eigenvalue weighted by Crippen LogP contribution is 2.28. The van der Waals surface area contributed by atoms with Crippen molar-refractivity contribution in [3.8, 4) is 0 Å². The van der Waals surface area contributed by atoms with Gasteiger partial charge in [0.25, 0.3) is 5.69 Å². The highest BCUT2D eigenvalue weighted by molar-refractivity contribution is 7.94. The third-order valence-corrected chi connectivity index (χ3v) is 4.85. The lowest BCUT2D eigenvalue weighted by Gasteiger charge is -2.06. The average molecular weight is 354 g/mol. The van der Waals surface area contributed by atoms with Gasteiger partial charge in [0.05, 0.1) is 12.0 Å². The molecule has 0 amide bonds. The quantitative estimate of drug-likeness (QED) is 0.161. The zero-order valence-corrected chi connectivity index (χ0v) is 15.9. The first-order valence-corrected chi connectivity index (χ1v) is 9.91. The van der Waals surface area contributed by atoms with Crippen molar-refractivity contribution < 1.29 is 9.11 Å². The molecule has 0 atom stereocenters. The molecule has 0 aromatic heterocycles. The van der Waals surface area contributed by atoms with Gasteiger partial charge in [0, 0.05) is 28.6 Å². The fraction of sp³-hybridized carbons (Fsp3) is 0.684. The van der Waals surface area contributed by atoms with Crippen LogP contribution in [0.25, 0.3) is 0 Å². The van der Waals surface area contributed by atoms with E-state index in [-0.39, 0.29) is 10.6 Å². The second-order valence-electron chi connectivity index (χ2n) is 6.23. The summed E-state index contributed by atoms with van der Waals surface area (Å²) in [5.74, 6) is 0.